The highest BCUT2D eigenvalue weighted by Gasteiger charge is 2.34. The van der Waals surface area contributed by atoms with Crippen molar-refractivity contribution in [2.24, 2.45) is 0 Å². The molecular formula is C12H7F3N4O. The van der Waals surface area contributed by atoms with Crippen LogP contribution in [0.2, 0.25) is 0 Å². The fourth-order valence-electron chi connectivity index (χ4n) is 1.62. The molecule has 0 saturated carbocycles. The Morgan fingerprint density at radius 2 is 2.05 bits per heavy atom. The Labute approximate surface area is 110 Å². The molecule has 0 aliphatic rings. The fraction of sp³-hybridized carbons (Fsp3) is 0.0833. The average molecular weight is 280 g/mol. The van der Waals surface area contributed by atoms with Crippen molar-refractivity contribution in [2.45, 2.75) is 6.18 Å². The summed E-state index contributed by atoms with van der Waals surface area (Å²) < 4.78 is 45.0. The lowest BCUT2D eigenvalue weighted by Gasteiger charge is -2.09. The largest absolute Gasteiger partial charge is 0.463 e. The van der Waals surface area contributed by atoms with E-state index in [9.17, 15) is 13.2 Å². The van der Waals surface area contributed by atoms with Crippen LogP contribution >= 0.6 is 0 Å². The van der Waals surface area contributed by atoms with Gasteiger partial charge in [-0.05, 0) is 18.2 Å². The zero-order valence-electron chi connectivity index (χ0n) is 9.87. The molecule has 0 aliphatic carbocycles. The maximum absolute atomic E-state index is 12.9. The first kappa shape index (κ1) is 12.4. The van der Waals surface area contributed by atoms with Crippen molar-refractivity contribution in [3.05, 3.63) is 48.9 Å². The molecule has 0 radical (unpaired) electrons. The van der Waals surface area contributed by atoms with E-state index in [-0.39, 0.29) is 17.4 Å². The van der Waals surface area contributed by atoms with Gasteiger partial charge in [0.2, 0.25) is 5.95 Å². The molecule has 0 amide bonds. The highest BCUT2D eigenvalue weighted by Crippen LogP contribution is 2.30. The van der Waals surface area contributed by atoms with E-state index >= 15 is 0 Å². The Morgan fingerprint density at radius 1 is 1.20 bits per heavy atom. The Hall–Kier alpha value is -2.64. The van der Waals surface area contributed by atoms with Gasteiger partial charge in [-0.25, -0.2) is 15.0 Å². The summed E-state index contributed by atoms with van der Waals surface area (Å²) in [5.74, 6) is 0.114. The van der Waals surface area contributed by atoms with Gasteiger partial charge in [-0.1, -0.05) is 0 Å². The number of rotatable bonds is 2. The quantitative estimate of drug-likeness (QED) is 0.724. The fourth-order valence-corrected chi connectivity index (χ4v) is 1.62. The van der Waals surface area contributed by atoms with Crippen LogP contribution in [0.1, 0.15) is 5.69 Å². The highest BCUT2D eigenvalue weighted by molar-refractivity contribution is 5.53. The summed E-state index contributed by atoms with van der Waals surface area (Å²) in [6.45, 7) is 0. The van der Waals surface area contributed by atoms with Crippen LogP contribution in [0.5, 0.6) is 0 Å². The van der Waals surface area contributed by atoms with Gasteiger partial charge in [0.05, 0.1) is 6.26 Å². The smallest absolute Gasteiger partial charge is 0.433 e. The van der Waals surface area contributed by atoms with E-state index in [4.69, 9.17) is 4.42 Å². The van der Waals surface area contributed by atoms with Gasteiger partial charge in [0.1, 0.15) is 12.0 Å². The van der Waals surface area contributed by atoms with E-state index in [1.54, 1.807) is 6.07 Å². The molecule has 3 aromatic heterocycles. The van der Waals surface area contributed by atoms with Crippen LogP contribution in [0, 0.1) is 0 Å². The van der Waals surface area contributed by atoms with E-state index in [0.29, 0.717) is 0 Å². The summed E-state index contributed by atoms with van der Waals surface area (Å²) in [6, 6.07) is 3.95. The number of imidazole rings is 1. The number of hydrogen-bond acceptors (Lipinski definition) is 4. The predicted octanol–water partition coefficient (Wildman–Crippen LogP) is 2.94. The Balaban J connectivity index is 2.19. The van der Waals surface area contributed by atoms with Crippen molar-refractivity contribution in [2.75, 3.05) is 0 Å². The van der Waals surface area contributed by atoms with Gasteiger partial charge in [-0.3, -0.25) is 4.57 Å². The Kier molecular flexibility index (Phi) is 2.78. The third-order valence-corrected chi connectivity index (χ3v) is 2.51. The van der Waals surface area contributed by atoms with E-state index in [0.717, 1.165) is 6.07 Å². The third-order valence-electron chi connectivity index (χ3n) is 2.51. The van der Waals surface area contributed by atoms with Crippen molar-refractivity contribution in [3.63, 3.8) is 0 Å². The van der Waals surface area contributed by atoms with Crippen LogP contribution in [-0.4, -0.2) is 19.5 Å². The minimum atomic E-state index is -4.57. The standard InChI is InChI=1S/C12H7F3N4O/c13-12(14,15)10-6-8(9-2-1-5-20-9)17-11(18-10)19-4-3-16-7-19/h1-7H. The Bertz CT molecular complexity index is 652. The van der Waals surface area contributed by atoms with Crippen molar-refractivity contribution in [1.29, 1.82) is 0 Å². The molecule has 0 aliphatic heterocycles. The van der Waals surface area contributed by atoms with Gasteiger partial charge in [-0.2, -0.15) is 13.2 Å². The van der Waals surface area contributed by atoms with Gasteiger partial charge in [-0.15, -0.1) is 0 Å². The minimum absolute atomic E-state index is 0.0565. The molecule has 5 nitrogen and oxygen atoms in total. The molecule has 0 aromatic carbocycles. The molecule has 0 atom stereocenters. The van der Waals surface area contributed by atoms with E-state index in [1.807, 2.05) is 0 Å². The SMILES string of the molecule is FC(F)(F)c1cc(-c2ccco2)nc(-n2ccnc2)n1. The normalized spacial score (nSPS) is 11.8. The molecule has 0 fully saturated rings. The molecule has 0 spiro atoms. The van der Waals surface area contributed by atoms with Crippen molar-refractivity contribution < 1.29 is 17.6 Å². The van der Waals surface area contributed by atoms with Gasteiger partial charge in [0.25, 0.3) is 0 Å². The van der Waals surface area contributed by atoms with Gasteiger partial charge < -0.3 is 4.42 Å². The molecule has 102 valence electrons. The third kappa shape index (κ3) is 2.27. The first-order valence-corrected chi connectivity index (χ1v) is 5.52. The Morgan fingerprint density at radius 3 is 2.65 bits per heavy atom. The molecule has 8 heteroatoms. The number of furan rings is 1. The molecule has 3 heterocycles. The van der Waals surface area contributed by atoms with Crippen LogP contribution in [0.3, 0.4) is 0 Å². The zero-order valence-corrected chi connectivity index (χ0v) is 9.87. The van der Waals surface area contributed by atoms with Gasteiger partial charge >= 0.3 is 6.18 Å². The van der Waals surface area contributed by atoms with Crippen LogP contribution in [0.4, 0.5) is 13.2 Å². The molecule has 0 saturated heterocycles. The number of halogens is 3. The number of aromatic nitrogens is 4. The van der Waals surface area contributed by atoms with Crippen LogP contribution in [-0.2, 0) is 6.18 Å². The highest BCUT2D eigenvalue weighted by atomic mass is 19.4. The summed E-state index contributed by atoms with van der Waals surface area (Å²) in [4.78, 5) is 11.3. The van der Waals surface area contributed by atoms with E-state index in [1.165, 1.54) is 35.6 Å². The summed E-state index contributed by atoms with van der Waals surface area (Å²) in [6.07, 6.45) is 1.00. The van der Waals surface area contributed by atoms with Crippen LogP contribution < -0.4 is 0 Å². The van der Waals surface area contributed by atoms with E-state index in [2.05, 4.69) is 15.0 Å². The number of alkyl halides is 3. The molecular weight excluding hydrogens is 273 g/mol. The topological polar surface area (TPSA) is 56.7 Å². The lowest BCUT2D eigenvalue weighted by molar-refractivity contribution is -0.141. The van der Waals surface area contributed by atoms with E-state index < -0.39 is 11.9 Å². The van der Waals surface area contributed by atoms with Crippen molar-refractivity contribution in [3.8, 4) is 17.4 Å². The number of nitrogens with zero attached hydrogens (tertiary/aromatic N) is 4. The summed E-state index contributed by atoms with van der Waals surface area (Å²) in [7, 11) is 0. The van der Waals surface area contributed by atoms with Gasteiger partial charge in [0, 0.05) is 12.4 Å². The van der Waals surface area contributed by atoms with Crippen molar-refractivity contribution >= 4 is 0 Å². The second-order valence-corrected chi connectivity index (χ2v) is 3.88. The monoisotopic (exact) mass is 280 g/mol. The molecule has 20 heavy (non-hydrogen) atoms. The van der Waals surface area contributed by atoms with Crippen LogP contribution in [0.25, 0.3) is 17.4 Å². The second-order valence-electron chi connectivity index (χ2n) is 3.88. The zero-order chi connectivity index (χ0) is 14.2. The molecule has 0 bridgehead atoms. The lowest BCUT2D eigenvalue weighted by Crippen LogP contribution is -2.12. The molecule has 3 aromatic rings. The second kappa shape index (κ2) is 4.48. The average Bonchev–Trinajstić information content (AvgIpc) is 3.10. The molecule has 0 unspecified atom stereocenters. The minimum Gasteiger partial charge on any atom is -0.463 e. The summed E-state index contributed by atoms with van der Waals surface area (Å²) >= 11 is 0. The van der Waals surface area contributed by atoms with Crippen molar-refractivity contribution in [1.82, 2.24) is 19.5 Å². The lowest BCUT2D eigenvalue weighted by atomic mass is 10.2. The molecule has 0 N–H and O–H groups in total. The summed E-state index contributed by atoms with van der Waals surface area (Å²) in [5.41, 5.74) is -0.983. The maximum atomic E-state index is 12.9. The maximum Gasteiger partial charge on any atom is 0.433 e. The first-order valence-electron chi connectivity index (χ1n) is 5.52. The first-order chi connectivity index (χ1) is 9.54. The molecule has 3 rings (SSSR count). The predicted molar refractivity (Wildman–Crippen MR) is 61.9 cm³/mol. The summed E-state index contributed by atoms with van der Waals surface area (Å²) in [5, 5.41) is 0. The van der Waals surface area contributed by atoms with Crippen LogP contribution in [0.15, 0.2) is 47.6 Å². The van der Waals surface area contributed by atoms with Gasteiger partial charge in [0.15, 0.2) is 11.5 Å². The number of hydrogen-bond donors (Lipinski definition) is 0.